The van der Waals surface area contributed by atoms with Crippen LogP contribution in [0.3, 0.4) is 0 Å². The van der Waals surface area contributed by atoms with Crippen LogP contribution in [0.15, 0.2) is 73.1 Å². The summed E-state index contributed by atoms with van der Waals surface area (Å²) in [5.41, 5.74) is 2.24. The Kier molecular flexibility index (Phi) is 5.83. The Morgan fingerprint density at radius 2 is 1.68 bits per heavy atom. The van der Waals surface area contributed by atoms with E-state index >= 15 is 0 Å². The third-order valence-electron chi connectivity index (χ3n) is 5.26. The number of rotatable bonds is 7. The first kappa shape index (κ1) is 18.4. The van der Waals surface area contributed by atoms with Crippen molar-refractivity contribution in [3.05, 3.63) is 84.4 Å². The van der Waals surface area contributed by atoms with Crippen LogP contribution in [0.2, 0.25) is 0 Å². The highest BCUT2D eigenvalue weighted by Crippen LogP contribution is 2.14. The quantitative estimate of drug-likeness (QED) is 0.691. The minimum Gasteiger partial charge on any atom is -0.341 e. The van der Waals surface area contributed by atoms with E-state index in [9.17, 15) is 4.79 Å². The Hall–Kier alpha value is -2.92. The molecule has 1 N–H and O–H groups in total. The van der Waals surface area contributed by atoms with Crippen LogP contribution in [-0.4, -0.2) is 39.5 Å². The van der Waals surface area contributed by atoms with E-state index in [-0.39, 0.29) is 11.9 Å². The van der Waals surface area contributed by atoms with Crippen molar-refractivity contribution < 1.29 is 4.79 Å². The van der Waals surface area contributed by atoms with Crippen LogP contribution < -0.4 is 5.32 Å². The minimum atomic E-state index is -0.249. The zero-order valence-corrected chi connectivity index (χ0v) is 16.0. The fourth-order valence-electron chi connectivity index (χ4n) is 3.76. The molecule has 28 heavy (non-hydrogen) atoms. The van der Waals surface area contributed by atoms with Gasteiger partial charge in [-0.3, -0.25) is 10.1 Å². The molecule has 2 heterocycles. The summed E-state index contributed by atoms with van der Waals surface area (Å²) in [5, 5.41) is 3.48. The predicted molar refractivity (Wildman–Crippen MR) is 110 cm³/mol. The lowest BCUT2D eigenvalue weighted by molar-refractivity contribution is -0.132. The highest BCUT2D eigenvalue weighted by Gasteiger charge is 2.26. The van der Waals surface area contributed by atoms with Crippen LogP contribution in [0.4, 0.5) is 0 Å². The Balaban J connectivity index is 1.50. The lowest BCUT2D eigenvalue weighted by Gasteiger charge is -2.24. The van der Waals surface area contributed by atoms with Crippen LogP contribution in [0.1, 0.15) is 24.2 Å². The number of hydrogen-bond donors (Lipinski definition) is 1. The molecule has 4 rings (SSSR count). The van der Waals surface area contributed by atoms with Gasteiger partial charge in [-0.25, -0.2) is 4.98 Å². The summed E-state index contributed by atoms with van der Waals surface area (Å²) in [4.78, 5) is 19.6. The van der Waals surface area contributed by atoms with Gasteiger partial charge in [-0.1, -0.05) is 48.5 Å². The summed E-state index contributed by atoms with van der Waals surface area (Å²) in [6.07, 6.45) is 6.64. The number of benzene rings is 2. The van der Waals surface area contributed by atoms with Crippen LogP contribution in [0.5, 0.6) is 0 Å². The SMILES string of the molecule is O=C(C(Cc1ccccc1)NCc1nccn1-c1ccccc1)N1CCCC1. The number of imidazole rings is 1. The summed E-state index contributed by atoms with van der Waals surface area (Å²) in [6, 6.07) is 20.1. The summed E-state index contributed by atoms with van der Waals surface area (Å²) < 4.78 is 2.06. The van der Waals surface area contributed by atoms with E-state index in [0.29, 0.717) is 13.0 Å². The van der Waals surface area contributed by atoms with Crippen LogP contribution in [0.25, 0.3) is 5.69 Å². The number of carbonyl (C=O) groups is 1. The van der Waals surface area contributed by atoms with Gasteiger partial charge in [0.15, 0.2) is 0 Å². The molecule has 1 aliphatic rings. The molecule has 0 spiro atoms. The van der Waals surface area contributed by atoms with E-state index in [4.69, 9.17) is 0 Å². The fraction of sp³-hybridized carbons (Fsp3) is 0.304. The Bertz CT molecular complexity index is 885. The summed E-state index contributed by atoms with van der Waals surface area (Å²) in [6.45, 7) is 2.27. The maximum atomic E-state index is 13.1. The van der Waals surface area contributed by atoms with Gasteiger partial charge >= 0.3 is 0 Å². The number of likely N-dealkylation sites (tertiary alicyclic amines) is 1. The molecule has 1 aliphatic heterocycles. The molecule has 1 amide bonds. The molecule has 5 heteroatoms. The number of carbonyl (C=O) groups excluding carboxylic acids is 1. The van der Waals surface area contributed by atoms with E-state index in [1.165, 1.54) is 5.56 Å². The molecule has 1 atom stereocenters. The molecule has 0 aliphatic carbocycles. The monoisotopic (exact) mass is 374 g/mol. The molecule has 144 valence electrons. The van der Waals surface area contributed by atoms with Crippen molar-refractivity contribution in [2.24, 2.45) is 0 Å². The first-order valence-corrected chi connectivity index (χ1v) is 9.95. The maximum absolute atomic E-state index is 13.1. The Labute approximate surface area is 166 Å². The van der Waals surface area contributed by atoms with Crippen molar-refractivity contribution in [3.63, 3.8) is 0 Å². The molecule has 1 unspecified atom stereocenters. The normalized spacial score (nSPS) is 14.9. The van der Waals surface area contributed by atoms with Gasteiger partial charge in [0.05, 0.1) is 12.6 Å². The van der Waals surface area contributed by atoms with Gasteiger partial charge in [0.25, 0.3) is 0 Å². The second kappa shape index (κ2) is 8.85. The number of nitrogens with one attached hydrogen (secondary N) is 1. The van der Waals surface area contributed by atoms with Gasteiger partial charge in [0.2, 0.25) is 5.91 Å². The molecule has 1 fully saturated rings. The van der Waals surface area contributed by atoms with E-state index in [2.05, 4.69) is 39.1 Å². The maximum Gasteiger partial charge on any atom is 0.240 e. The third kappa shape index (κ3) is 4.31. The van der Waals surface area contributed by atoms with E-state index < -0.39 is 0 Å². The molecule has 0 saturated carbocycles. The van der Waals surface area contributed by atoms with Gasteiger partial charge in [0, 0.05) is 31.2 Å². The average Bonchev–Trinajstić information content (AvgIpc) is 3.44. The van der Waals surface area contributed by atoms with Gasteiger partial charge in [-0.05, 0) is 37.0 Å². The van der Waals surface area contributed by atoms with Gasteiger partial charge in [-0.15, -0.1) is 0 Å². The van der Waals surface area contributed by atoms with Crippen LogP contribution >= 0.6 is 0 Å². The molecule has 0 radical (unpaired) electrons. The molecule has 3 aromatic rings. The molecule has 5 nitrogen and oxygen atoms in total. The van der Waals surface area contributed by atoms with E-state index in [1.807, 2.05) is 47.5 Å². The summed E-state index contributed by atoms with van der Waals surface area (Å²) >= 11 is 0. The molecule has 2 aromatic carbocycles. The summed E-state index contributed by atoms with van der Waals surface area (Å²) in [5.74, 6) is 1.10. The van der Waals surface area contributed by atoms with E-state index in [0.717, 1.165) is 37.4 Å². The smallest absolute Gasteiger partial charge is 0.240 e. The lowest BCUT2D eigenvalue weighted by atomic mass is 10.0. The molecular weight excluding hydrogens is 348 g/mol. The number of hydrogen-bond acceptors (Lipinski definition) is 3. The largest absolute Gasteiger partial charge is 0.341 e. The van der Waals surface area contributed by atoms with Gasteiger partial charge < -0.3 is 9.47 Å². The third-order valence-corrected chi connectivity index (χ3v) is 5.26. The lowest BCUT2D eigenvalue weighted by Crippen LogP contribution is -2.46. The van der Waals surface area contributed by atoms with Gasteiger partial charge in [-0.2, -0.15) is 0 Å². The first-order valence-electron chi connectivity index (χ1n) is 9.95. The highest BCUT2D eigenvalue weighted by molar-refractivity contribution is 5.82. The van der Waals surface area contributed by atoms with Gasteiger partial charge in [0.1, 0.15) is 5.82 Å². The van der Waals surface area contributed by atoms with E-state index in [1.54, 1.807) is 6.20 Å². The zero-order chi connectivity index (χ0) is 19.2. The molecule has 1 saturated heterocycles. The molecular formula is C23H26N4O. The topological polar surface area (TPSA) is 50.2 Å². The summed E-state index contributed by atoms with van der Waals surface area (Å²) in [7, 11) is 0. The van der Waals surface area contributed by atoms with Crippen molar-refractivity contribution >= 4 is 5.91 Å². The number of amides is 1. The Morgan fingerprint density at radius 1 is 1.00 bits per heavy atom. The van der Waals surface area contributed by atoms with Crippen molar-refractivity contribution in [1.29, 1.82) is 0 Å². The average molecular weight is 374 g/mol. The second-order valence-corrected chi connectivity index (χ2v) is 7.20. The number of nitrogens with zero attached hydrogens (tertiary/aromatic N) is 3. The minimum absolute atomic E-state index is 0.194. The second-order valence-electron chi connectivity index (χ2n) is 7.20. The van der Waals surface area contributed by atoms with Crippen molar-refractivity contribution in [2.75, 3.05) is 13.1 Å². The molecule has 1 aromatic heterocycles. The van der Waals surface area contributed by atoms with Crippen molar-refractivity contribution in [2.45, 2.75) is 31.8 Å². The Morgan fingerprint density at radius 3 is 2.39 bits per heavy atom. The van der Waals surface area contributed by atoms with Crippen molar-refractivity contribution in [3.8, 4) is 5.69 Å². The van der Waals surface area contributed by atoms with Crippen LogP contribution in [0, 0.1) is 0 Å². The fourth-order valence-corrected chi connectivity index (χ4v) is 3.76. The molecule has 0 bridgehead atoms. The standard InChI is InChI=1S/C23H26N4O/c28-23(26-14-7-8-15-26)21(17-19-9-3-1-4-10-19)25-18-22-24-13-16-27(22)20-11-5-2-6-12-20/h1-6,9-13,16,21,25H,7-8,14-15,17-18H2. The predicted octanol–water partition coefficient (Wildman–Crippen LogP) is 3.20. The first-order chi connectivity index (χ1) is 13.8. The van der Waals surface area contributed by atoms with Crippen molar-refractivity contribution in [1.82, 2.24) is 19.8 Å². The van der Waals surface area contributed by atoms with Crippen LogP contribution in [-0.2, 0) is 17.8 Å². The zero-order valence-electron chi connectivity index (χ0n) is 16.0. The highest BCUT2D eigenvalue weighted by atomic mass is 16.2. The number of para-hydroxylation sites is 1. The number of aromatic nitrogens is 2.